The number of amides is 1. The number of halogens is 1. The van der Waals surface area contributed by atoms with Crippen molar-refractivity contribution in [2.24, 2.45) is 0 Å². The van der Waals surface area contributed by atoms with E-state index in [1.54, 1.807) is 29.5 Å². The minimum Gasteiger partial charge on any atom is -0.349 e. The first-order valence-corrected chi connectivity index (χ1v) is 8.86. The van der Waals surface area contributed by atoms with Crippen LogP contribution in [0.25, 0.3) is 10.6 Å². The molecule has 5 nitrogen and oxygen atoms in total. The summed E-state index contributed by atoms with van der Waals surface area (Å²) in [7, 11) is 0. The molecule has 0 aliphatic carbocycles. The van der Waals surface area contributed by atoms with Crippen molar-refractivity contribution in [1.29, 1.82) is 0 Å². The van der Waals surface area contributed by atoms with Crippen LogP contribution >= 0.6 is 34.3 Å². The lowest BCUT2D eigenvalue weighted by molar-refractivity contribution is 0.0956. The van der Waals surface area contributed by atoms with Crippen LogP contribution < -0.4 is 10.9 Å². The Balaban J connectivity index is 1.65. The van der Waals surface area contributed by atoms with E-state index in [9.17, 15) is 9.59 Å². The first-order valence-electron chi connectivity index (χ1n) is 6.79. The van der Waals surface area contributed by atoms with Gasteiger partial charge >= 0.3 is 0 Å². The van der Waals surface area contributed by atoms with Gasteiger partial charge in [0, 0.05) is 12.6 Å². The fourth-order valence-electron chi connectivity index (χ4n) is 1.96. The molecule has 0 aliphatic rings. The molecule has 0 fully saturated rings. The molecule has 118 valence electrons. The fraction of sp³-hybridized carbons (Fsp3) is 0.133. The molecule has 0 saturated carbocycles. The van der Waals surface area contributed by atoms with E-state index >= 15 is 0 Å². The Morgan fingerprint density at radius 3 is 2.83 bits per heavy atom. The Morgan fingerprint density at radius 2 is 2.13 bits per heavy atom. The Hall–Kier alpha value is -1.96. The van der Waals surface area contributed by atoms with Crippen molar-refractivity contribution in [3.8, 4) is 10.6 Å². The molecule has 0 spiro atoms. The summed E-state index contributed by atoms with van der Waals surface area (Å²) < 4.78 is 1.92. The maximum absolute atomic E-state index is 11.9. The van der Waals surface area contributed by atoms with E-state index in [1.165, 1.54) is 22.1 Å². The van der Waals surface area contributed by atoms with Crippen LogP contribution in [0.3, 0.4) is 0 Å². The van der Waals surface area contributed by atoms with Gasteiger partial charge in [0.1, 0.15) is 5.69 Å². The molecular formula is C15H12ClN3O2S2. The maximum atomic E-state index is 11.9. The number of nitrogens with one attached hydrogen (secondary N) is 1. The SMILES string of the molecule is O=C(NCCn1nc(-c2cccs2)ccc1=O)c1ccc(Cl)s1. The summed E-state index contributed by atoms with van der Waals surface area (Å²) in [5, 5.41) is 9.05. The third-order valence-corrected chi connectivity index (χ3v) is 5.17. The largest absolute Gasteiger partial charge is 0.349 e. The monoisotopic (exact) mass is 365 g/mol. The molecule has 8 heteroatoms. The molecule has 0 bridgehead atoms. The molecular weight excluding hydrogens is 354 g/mol. The molecule has 3 aromatic heterocycles. The molecule has 0 unspecified atom stereocenters. The highest BCUT2D eigenvalue weighted by Crippen LogP contribution is 2.21. The van der Waals surface area contributed by atoms with Gasteiger partial charge in [0.25, 0.3) is 11.5 Å². The zero-order valence-corrected chi connectivity index (χ0v) is 14.2. The van der Waals surface area contributed by atoms with Crippen molar-refractivity contribution in [3.05, 3.63) is 61.3 Å². The summed E-state index contributed by atoms with van der Waals surface area (Å²) in [6.07, 6.45) is 0. The van der Waals surface area contributed by atoms with Gasteiger partial charge in [-0.2, -0.15) is 5.10 Å². The van der Waals surface area contributed by atoms with Crippen LogP contribution in [0.1, 0.15) is 9.67 Å². The van der Waals surface area contributed by atoms with E-state index in [0.29, 0.717) is 22.3 Å². The lowest BCUT2D eigenvalue weighted by Crippen LogP contribution is -2.31. The van der Waals surface area contributed by atoms with Crippen molar-refractivity contribution in [3.63, 3.8) is 0 Å². The van der Waals surface area contributed by atoms with Gasteiger partial charge in [-0.3, -0.25) is 9.59 Å². The van der Waals surface area contributed by atoms with Crippen molar-refractivity contribution in [1.82, 2.24) is 15.1 Å². The Labute approximate surface area is 145 Å². The Kier molecular flexibility index (Phi) is 4.90. The van der Waals surface area contributed by atoms with Gasteiger partial charge in [-0.25, -0.2) is 4.68 Å². The Morgan fingerprint density at radius 1 is 1.26 bits per heavy atom. The molecule has 3 rings (SSSR count). The molecule has 0 saturated heterocycles. The van der Waals surface area contributed by atoms with E-state index in [1.807, 2.05) is 17.5 Å². The number of nitrogens with zero attached hydrogens (tertiary/aromatic N) is 2. The van der Waals surface area contributed by atoms with Crippen LogP contribution in [-0.4, -0.2) is 22.2 Å². The van der Waals surface area contributed by atoms with E-state index in [0.717, 1.165) is 10.6 Å². The quantitative estimate of drug-likeness (QED) is 0.755. The molecule has 23 heavy (non-hydrogen) atoms. The van der Waals surface area contributed by atoms with Crippen molar-refractivity contribution >= 4 is 40.2 Å². The first-order chi connectivity index (χ1) is 11.1. The van der Waals surface area contributed by atoms with E-state index in [-0.39, 0.29) is 11.5 Å². The molecule has 0 atom stereocenters. The molecule has 3 heterocycles. The average molecular weight is 366 g/mol. The fourth-order valence-corrected chi connectivity index (χ4v) is 3.61. The van der Waals surface area contributed by atoms with E-state index < -0.39 is 0 Å². The second kappa shape index (κ2) is 7.08. The summed E-state index contributed by atoms with van der Waals surface area (Å²) in [5.41, 5.74) is 0.551. The smallest absolute Gasteiger partial charge is 0.266 e. The molecule has 0 radical (unpaired) electrons. The van der Waals surface area contributed by atoms with Gasteiger partial charge in [-0.05, 0) is 29.6 Å². The zero-order valence-electron chi connectivity index (χ0n) is 11.9. The van der Waals surface area contributed by atoms with E-state index in [2.05, 4.69) is 10.4 Å². The summed E-state index contributed by atoms with van der Waals surface area (Å²) >= 11 is 8.58. The number of hydrogen-bond donors (Lipinski definition) is 1. The van der Waals surface area contributed by atoms with Crippen molar-refractivity contribution in [2.75, 3.05) is 6.54 Å². The van der Waals surface area contributed by atoms with Crippen LogP contribution in [0, 0.1) is 0 Å². The summed E-state index contributed by atoms with van der Waals surface area (Å²) in [6, 6.07) is 10.4. The average Bonchev–Trinajstić information content (AvgIpc) is 3.20. The number of thiophene rings is 2. The van der Waals surface area contributed by atoms with Crippen LogP contribution in [0.5, 0.6) is 0 Å². The van der Waals surface area contributed by atoms with Gasteiger partial charge in [-0.15, -0.1) is 22.7 Å². The van der Waals surface area contributed by atoms with Gasteiger partial charge in [-0.1, -0.05) is 17.7 Å². The van der Waals surface area contributed by atoms with Gasteiger partial charge in [0.05, 0.1) is 20.6 Å². The zero-order chi connectivity index (χ0) is 16.2. The van der Waals surface area contributed by atoms with Crippen LogP contribution in [0.15, 0.2) is 46.6 Å². The predicted molar refractivity (Wildman–Crippen MR) is 93.5 cm³/mol. The molecule has 3 aromatic rings. The normalized spacial score (nSPS) is 10.7. The predicted octanol–water partition coefficient (Wildman–Crippen LogP) is 3.12. The summed E-state index contributed by atoms with van der Waals surface area (Å²) in [5.74, 6) is -0.204. The van der Waals surface area contributed by atoms with Gasteiger partial charge in [0.15, 0.2) is 0 Å². The first kappa shape index (κ1) is 15.9. The standard InChI is InChI=1S/C15H12ClN3O2S2/c16-13-5-4-12(23-13)15(21)17-7-8-19-14(20)6-3-10(18-19)11-2-1-9-22-11/h1-6,9H,7-8H2,(H,17,21). The van der Waals surface area contributed by atoms with Gasteiger partial charge < -0.3 is 5.32 Å². The van der Waals surface area contributed by atoms with Crippen molar-refractivity contribution in [2.45, 2.75) is 6.54 Å². The third kappa shape index (κ3) is 3.87. The lowest BCUT2D eigenvalue weighted by atomic mass is 10.3. The second-order valence-corrected chi connectivity index (χ2v) is 7.28. The molecule has 1 N–H and O–H groups in total. The number of hydrogen-bond acceptors (Lipinski definition) is 5. The summed E-state index contributed by atoms with van der Waals surface area (Å²) in [6.45, 7) is 0.623. The number of carbonyl (C=O) groups excluding carboxylic acids is 1. The highest BCUT2D eigenvalue weighted by Gasteiger charge is 2.09. The number of aromatic nitrogens is 2. The number of carbonyl (C=O) groups is 1. The highest BCUT2D eigenvalue weighted by atomic mass is 35.5. The maximum Gasteiger partial charge on any atom is 0.266 e. The number of rotatable bonds is 5. The minimum absolute atomic E-state index is 0.196. The third-order valence-electron chi connectivity index (χ3n) is 3.05. The van der Waals surface area contributed by atoms with Gasteiger partial charge in [0.2, 0.25) is 0 Å². The summed E-state index contributed by atoms with van der Waals surface area (Å²) in [4.78, 5) is 25.3. The topological polar surface area (TPSA) is 64.0 Å². The lowest BCUT2D eigenvalue weighted by Gasteiger charge is -2.07. The molecule has 0 aromatic carbocycles. The Bertz CT molecular complexity index is 871. The minimum atomic E-state index is -0.204. The van der Waals surface area contributed by atoms with Crippen LogP contribution in [0.2, 0.25) is 4.34 Å². The highest BCUT2D eigenvalue weighted by molar-refractivity contribution is 7.18. The van der Waals surface area contributed by atoms with E-state index in [4.69, 9.17) is 11.6 Å². The van der Waals surface area contributed by atoms with Crippen molar-refractivity contribution < 1.29 is 4.79 Å². The molecule has 0 aliphatic heterocycles. The van der Waals surface area contributed by atoms with Crippen LogP contribution in [0.4, 0.5) is 0 Å². The molecule has 1 amide bonds. The second-order valence-electron chi connectivity index (χ2n) is 4.62. The van der Waals surface area contributed by atoms with Crippen LogP contribution in [-0.2, 0) is 6.54 Å².